The molecule has 0 radical (unpaired) electrons. The fourth-order valence-corrected chi connectivity index (χ4v) is 5.39. The fraction of sp³-hybridized carbons (Fsp3) is 0.692. The number of hydrogen-bond acceptors (Lipinski definition) is 4. The van der Waals surface area contributed by atoms with Crippen molar-refractivity contribution in [3.8, 4) is 0 Å². The van der Waals surface area contributed by atoms with Gasteiger partial charge in [0.1, 0.15) is 0 Å². The van der Waals surface area contributed by atoms with E-state index >= 15 is 0 Å². The Kier molecular flexibility index (Phi) is 4.35. The Morgan fingerprint density at radius 3 is 2.63 bits per heavy atom. The molecule has 6 heteroatoms. The molecule has 1 aliphatic carbocycles. The van der Waals surface area contributed by atoms with Gasteiger partial charge in [0.05, 0.1) is 4.90 Å². The number of hydrogen-bond donors (Lipinski definition) is 2. The lowest BCUT2D eigenvalue weighted by atomic mass is 9.80. The van der Waals surface area contributed by atoms with Gasteiger partial charge in [0.15, 0.2) is 0 Å². The second kappa shape index (κ2) is 5.52. The topological polar surface area (TPSA) is 58.2 Å². The molecule has 0 aromatic carbocycles. The van der Waals surface area contributed by atoms with Crippen LogP contribution in [0.15, 0.2) is 11.0 Å². The molecule has 1 aromatic rings. The van der Waals surface area contributed by atoms with Gasteiger partial charge >= 0.3 is 0 Å². The fourth-order valence-electron chi connectivity index (χ4n) is 2.31. The molecule has 4 nitrogen and oxygen atoms in total. The van der Waals surface area contributed by atoms with E-state index in [9.17, 15) is 8.42 Å². The minimum atomic E-state index is -3.38. The highest BCUT2D eigenvalue weighted by molar-refractivity contribution is 7.89. The first-order chi connectivity index (χ1) is 8.86. The summed E-state index contributed by atoms with van der Waals surface area (Å²) < 4.78 is 27.7. The molecule has 2 N–H and O–H groups in total. The normalized spacial score (nSPS) is 18.3. The van der Waals surface area contributed by atoms with Gasteiger partial charge in [-0.1, -0.05) is 6.92 Å². The Hall–Kier alpha value is -0.430. The molecule has 108 valence electrons. The van der Waals surface area contributed by atoms with Crippen molar-refractivity contribution >= 4 is 21.4 Å². The third kappa shape index (κ3) is 3.37. The number of sulfonamides is 1. The zero-order chi connectivity index (χ0) is 14.1. The first kappa shape index (κ1) is 15.0. The van der Waals surface area contributed by atoms with Gasteiger partial charge in [-0.2, -0.15) is 0 Å². The Morgan fingerprint density at radius 2 is 2.11 bits per heavy atom. The summed E-state index contributed by atoms with van der Waals surface area (Å²) in [6.45, 7) is 7.51. The van der Waals surface area contributed by atoms with E-state index in [2.05, 4.69) is 10.0 Å². The molecule has 0 atom stereocenters. The Morgan fingerprint density at radius 1 is 1.42 bits per heavy atom. The number of rotatable bonds is 6. The van der Waals surface area contributed by atoms with E-state index in [0.29, 0.717) is 4.90 Å². The molecule has 0 bridgehead atoms. The zero-order valence-corrected chi connectivity index (χ0v) is 13.4. The van der Waals surface area contributed by atoms with E-state index in [-0.39, 0.29) is 5.54 Å². The number of thiophene rings is 1. The molecule has 1 aliphatic rings. The zero-order valence-electron chi connectivity index (χ0n) is 11.7. The first-order valence-corrected chi connectivity index (χ1v) is 9.00. The average Bonchev–Trinajstić information content (AvgIpc) is 2.66. The maximum absolute atomic E-state index is 12.4. The van der Waals surface area contributed by atoms with Crippen LogP contribution in [0.4, 0.5) is 0 Å². The van der Waals surface area contributed by atoms with Crippen molar-refractivity contribution in [2.45, 2.75) is 57.0 Å². The molecule has 0 spiro atoms. The van der Waals surface area contributed by atoms with Gasteiger partial charge in [-0.25, -0.2) is 13.1 Å². The maximum Gasteiger partial charge on any atom is 0.242 e. The predicted octanol–water partition coefficient (Wildman–Crippen LogP) is 2.39. The summed E-state index contributed by atoms with van der Waals surface area (Å²) in [7, 11) is -3.38. The molecule has 1 fully saturated rings. The van der Waals surface area contributed by atoms with E-state index in [4.69, 9.17) is 0 Å². The number of aryl methyl sites for hydroxylation is 1. The highest BCUT2D eigenvalue weighted by Gasteiger charge is 2.36. The summed E-state index contributed by atoms with van der Waals surface area (Å²) in [6, 6.07) is 1.80. The Labute approximate surface area is 119 Å². The van der Waals surface area contributed by atoms with Gasteiger partial charge < -0.3 is 5.32 Å². The monoisotopic (exact) mass is 302 g/mol. The lowest BCUT2D eigenvalue weighted by Gasteiger charge is -2.38. The van der Waals surface area contributed by atoms with Crippen LogP contribution >= 0.6 is 11.3 Å². The van der Waals surface area contributed by atoms with Gasteiger partial charge in [0.2, 0.25) is 10.0 Å². The standard InChI is InChI=1S/C13H22N2O2S2/c1-4-14-9-11-8-12(10(2)18-11)19(16,17)15-13(3)6-5-7-13/h8,14-15H,4-7,9H2,1-3H3. The van der Waals surface area contributed by atoms with E-state index in [1.54, 1.807) is 17.4 Å². The van der Waals surface area contributed by atoms with E-state index in [0.717, 1.165) is 42.1 Å². The first-order valence-electron chi connectivity index (χ1n) is 6.70. The van der Waals surface area contributed by atoms with E-state index < -0.39 is 10.0 Å². The van der Waals surface area contributed by atoms with Crippen LogP contribution in [0, 0.1) is 6.92 Å². The van der Waals surface area contributed by atoms with Crippen LogP contribution in [-0.2, 0) is 16.6 Å². The molecule has 1 aromatic heterocycles. The molecule has 0 saturated heterocycles. The summed E-state index contributed by atoms with van der Waals surface area (Å²) >= 11 is 1.55. The maximum atomic E-state index is 12.4. The molecule has 1 heterocycles. The van der Waals surface area contributed by atoms with Crippen LogP contribution in [0.1, 0.15) is 42.9 Å². The van der Waals surface area contributed by atoms with Crippen molar-refractivity contribution in [3.63, 3.8) is 0 Å². The predicted molar refractivity (Wildman–Crippen MR) is 79.0 cm³/mol. The van der Waals surface area contributed by atoms with E-state index in [1.165, 1.54) is 0 Å². The second-order valence-electron chi connectivity index (χ2n) is 5.43. The van der Waals surface area contributed by atoms with Crippen LogP contribution in [0.2, 0.25) is 0 Å². The minimum absolute atomic E-state index is 0.241. The Balaban J connectivity index is 2.17. The van der Waals surface area contributed by atoms with Crippen LogP contribution in [0.25, 0.3) is 0 Å². The highest BCUT2D eigenvalue weighted by Crippen LogP contribution is 2.34. The van der Waals surface area contributed by atoms with Crippen LogP contribution in [0.3, 0.4) is 0 Å². The quantitative estimate of drug-likeness (QED) is 0.848. The molecule has 2 rings (SSSR count). The molecule has 0 amide bonds. The highest BCUT2D eigenvalue weighted by atomic mass is 32.2. The van der Waals surface area contributed by atoms with Gasteiger partial charge in [0, 0.05) is 21.8 Å². The molecule has 19 heavy (non-hydrogen) atoms. The molecule has 0 unspecified atom stereocenters. The van der Waals surface area contributed by atoms with Crippen LogP contribution < -0.4 is 10.0 Å². The SMILES string of the molecule is CCNCc1cc(S(=O)(=O)NC2(C)CCC2)c(C)s1. The number of nitrogens with one attached hydrogen (secondary N) is 2. The van der Waals surface area contributed by atoms with Crippen molar-refractivity contribution in [1.29, 1.82) is 0 Å². The van der Waals surface area contributed by atoms with Crippen molar-refractivity contribution in [2.24, 2.45) is 0 Å². The summed E-state index contributed by atoms with van der Waals surface area (Å²) in [5.41, 5.74) is -0.241. The van der Waals surface area contributed by atoms with Gasteiger partial charge in [-0.05, 0) is 45.7 Å². The molecule has 1 saturated carbocycles. The summed E-state index contributed by atoms with van der Waals surface area (Å²) in [5.74, 6) is 0. The van der Waals surface area contributed by atoms with Gasteiger partial charge in [-0.15, -0.1) is 11.3 Å². The Bertz CT molecular complexity index is 545. The second-order valence-corrected chi connectivity index (χ2v) is 8.42. The average molecular weight is 302 g/mol. The molecular formula is C13H22N2O2S2. The minimum Gasteiger partial charge on any atom is -0.312 e. The van der Waals surface area contributed by atoms with Gasteiger partial charge in [-0.3, -0.25) is 0 Å². The molecular weight excluding hydrogens is 280 g/mol. The summed E-state index contributed by atoms with van der Waals surface area (Å²) in [5, 5.41) is 3.22. The summed E-state index contributed by atoms with van der Waals surface area (Å²) in [4.78, 5) is 2.38. The lowest BCUT2D eigenvalue weighted by Crippen LogP contribution is -2.50. The van der Waals surface area contributed by atoms with Crippen molar-refractivity contribution < 1.29 is 8.42 Å². The van der Waals surface area contributed by atoms with Crippen LogP contribution in [0.5, 0.6) is 0 Å². The van der Waals surface area contributed by atoms with Crippen LogP contribution in [-0.4, -0.2) is 20.5 Å². The third-order valence-corrected chi connectivity index (χ3v) is 6.54. The van der Waals surface area contributed by atoms with E-state index in [1.807, 2.05) is 20.8 Å². The van der Waals surface area contributed by atoms with Gasteiger partial charge in [0.25, 0.3) is 0 Å². The smallest absolute Gasteiger partial charge is 0.242 e. The van der Waals surface area contributed by atoms with Crippen molar-refractivity contribution in [1.82, 2.24) is 10.0 Å². The summed E-state index contributed by atoms with van der Waals surface area (Å²) in [6.07, 6.45) is 2.96. The third-order valence-electron chi connectivity index (χ3n) is 3.60. The van der Waals surface area contributed by atoms with Crippen molar-refractivity contribution in [2.75, 3.05) is 6.54 Å². The molecule has 0 aliphatic heterocycles. The lowest BCUT2D eigenvalue weighted by molar-refractivity contribution is 0.248. The largest absolute Gasteiger partial charge is 0.312 e. The van der Waals surface area contributed by atoms with Crippen molar-refractivity contribution in [3.05, 3.63) is 15.8 Å².